The molecule has 2 saturated heterocycles. The summed E-state index contributed by atoms with van der Waals surface area (Å²) in [5.74, 6) is -1.46. The smallest absolute Gasteiger partial charge is 0.341 e. The number of carboxylic acids is 1. The molecule has 10 nitrogen and oxygen atoms in total. The highest BCUT2D eigenvalue weighted by atomic mass is 19.1. The highest BCUT2D eigenvalue weighted by Crippen LogP contribution is 2.46. The number of rotatable bonds is 4. The van der Waals surface area contributed by atoms with Crippen molar-refractivity contribution in [2.45, 2.75) is 12.5 Å². The minimum Gasteiger partial charge on any atom is -0.477 e. The number of hydrogen-bond donors (Lipinski definition) is 3. The molecule has 2 fully saturated rings. The van der Waals surface area contributed by atoms with E-state index in [9.17, 15) is 20.0 Å². The zero-order valence-electron chi connectivity index (χ0n) is 22.4. The Balaban J connectivity index is 1.56. The summed E-state index contributed by atoms with van der Waals surface area (Å²) in [7, 11) is 3.82. The maximum atomic E-state index is 15.3. The first-order chi connectivity index (χ1) is 19.8. The van der Waals surface area contributed by atoms with Crippen molar-refractivity contribution in [2.24, 2.45) is 5.92 Å². The van der Waals surface area contributed by atoms with Gasteiger partial charge in [-0.3, -0.25) is 9.20 Å². The van der Waals surface area contributed by atoms with Crippen LogP contribution in [-0.2, 0) is 0 Å². The fraction of sp³-hybridized carbons (Fsp3) is 0.267. The predicted octanol–water partition coefficient (Wildman–Crippen LogP) is 3.89. The molecule has 206 valence electrons. The molecule has 0 amide bonds. The van der Waals surface area contributed by atoms with Gasteiger partial charge in [0.2, 0.25) is 0 Å². The molecule has 7 rings (SSSR count). The zero-order chi connectivity index (χ0) is 28.6. The van der Waals surface area contributed by atoms with Crippen LogP contribution in [0.1, 0.15) is 22.3 Å². The Bertz CT molecular complexity index is 2030. The number of H-pyrrole nitrogens is 1. The molecule has 0 spiro atoms. The van der Waals surface area contributed by atoms with Crippen LogP contribution in [-0.4, -0.2) is 70.1 Å². The van der Waals surface area contributed by atoms with Crippen molar-refractivity contribution in [3.63, 3.8) is 0 Å². The first-order valence-corrected chi connectivity index (χ1v) is 13.4. The normalized spacial score (nSPS) is 18.8. The van der Waals surface area contributed by atoms with Gasteiger partial charge in [0.15, 0.2) is 0 Å². The van der Waals surface area contributed by atoms with Crippen LogP contribution in [0.4, 0.5) is 15.8 Å². The largest absolute Gasteiger partial charge is 0.477 e. The molecular formula is C30H26FN7O3. The SMILES string of the molecule is CNc1cc(F)c(C#N)c2c1[nH]c1ncc(-c3ccc4ccc(C(=O)O)c(=O)n4c3)c(N3C[C@H]4CCN(C)[C@H]4C3)c12. The number of halogens is 1. The van der Waals surface area contributed by atoms with E-state index in [1.807, 2.05) is 6.07 Å². The molecule has 4 aromatic heterocycles. The van der Waals surface area contributed by atoms with Crippen LogP contribution in [0.15, 0.2) is 47.5 Å². The molecule has 6 heterocycles. The number of likely N-dealkylation sites (N-methyl/N-ethyl adjacent to an activating group) is 1. The molecule has 41 heavy (non-hydrogen) atoms. The van der Waals surface area contributed by atoms with Gasteiger partial charge in [-0.1, -0.05) is 6.07 Å². The van der Waals surface area contributed by atoms with Gasteiger partial charge in [0.05, 0.1) is 27.8 Å². The van der Waals surface area contributed by atoms with Gasteiger partial charge in [-0.05, 0) is 44.1 Å². The number of aromatic nitrogens is 3. The average Bonchev–Trinajstić information content (AvgIpc) is 3.66. The molecule has 0 radical (unpaired) electrons. The van der Waals surface area contributed by atoms with Crippen LogP contribution >= 0.6 is 0 Å². The summed E-state index contributed by atoms with van der Waals surface area (Å²) in [4.78, 5) is 37.4. The number of aromatic carboxylic acids is 1. The van der Waals surface area contributed by atoms with E-state index in [0.29, 0.717) is 56.2 Å². The molecule has 5 aromatic rings. The number of nitrogens with one attached hydrogen (secondary N) is 2. The molecule has 2 atom stereocenters. The zero-order valence-corrected chi connectivity index (χ0v) is 22.4. The molecule has 2 aliphatic heterocycles. The molecule has 0 unspecified atom stereocenters. The van der Waals surface area contributed by atoms with Gasteiger partial charge in [0.25, 0.3) is 5.56 Å². The second-order valence-electron chi connectivity index (χ2n) is 10.8. The topological polar surface area (TPSA) is 130 Å². The summed E-state index contributed by atoms with van der Waals surface area (Å²) >= 11 is 0. The highest BCUT2D eigenvalue weighted by molar-refractivity contribution is 6.19. The van der Waals surface area contributed by atoms with Crippen molar-refractivity contribution in [3.05, 3.63) is 70.0 Å². The van der Waals surface area contributed by atoms with Crippen LogP contribution in [0.3, 0.4) is 0 Å². The number of fused-ring (bicyclic) bond motifs is 5. The van der Waals surface area contributed by atoms with E-state index in [0.717, 1.165) is 31.7 Å². The number of hydrogen-bond acceptors (Lipinski definition) is 7. The minimum absolute atomic E-state index is 0.0669. The molecule has 2 aliphatic rings. The maximum absolute atomic E-state index is 15.3. The van der Waals surface area contributed by atoms with E-state index in [4.69, 9.17) is 4.98 Å². The molecule has 3 N–H and O–H groups in total. The van der Waals surface area contributed by atoms with E-state index in [1.54, 1.807) is 31.6 Å². The van der Waals surface area contributed by atoms with Crippen molar-refractivity contribution in [1.29, 1.82) is 5.26 Å². The molecule has 0 saturated carbocycles. The standard InChI is InChI=1S/C30H26FN7O3/c1-33-22-9-21(31)19(10-32)24-25-27(37-12-16-7-8-36(2)23(16)14-37)20(11-34-28(25)35-26(22)24)15-3-4-17-5-6-18(30(40)41)29(39)38(17)13-15/h3-6,9,11,13,16,23,33H,7-8,12,14H2,1-2H3,(H,34,35)(H,40,41)/t16-,23+/m1/s1. The lowest BCUT2D eigenvalue weighted by Gasteiger charge is -2.26. The van der Waals surface area contributed by atoms with Crippen molar-refractivity contribution in [1.82, 2.24) is 19.3 Å². The highest BCUT2D eigenvalue weighted by Gasteiger charge is 2.41. The summed E-state index contributed by atoms with van der Waals surface area (Å²) in [5.41, 5.74) is 3.30. The third-order valence-electron chi connectivity index (χ3n) is 8.74. The summed E-state index contributed by atoms with van der Waals surface area (Å²) in [5, 5.41) is 23.7. The third-order valence-corrected chi connectivity index (χ3v) is 8.74. The Labute approximate surface area is 233 Å². The fourth-order valence-corrected chi connectivity index (χ4v) is 6.70. The fourth-order valence-electron chi connectivity index (χ4n) is 6.70. The number of likely N-dealkylation sites (tertiary alicyclic amines) is 1. The van der Waals surface area contributed by atoms with Gasteiger partial charge in [-0.2, -0.15) is 5.26 Å². The van der Waals surface area contributed by atoms with Crippen molar-refractivity contribution < 1.29 is 14.3 Å². The molecular weight excluding hydrogens is 525 g/mol. The van der Waals surface area contributed by atoms with Gasteiger partial charge in [0.1, 0.15) is 23.1 Å². The summed E-state index contributed by atoms with van der Waals surface area (Å²) < 4.78 is 16.6. The van der Waals surface area contributed by atoms with E-state index in [-0.39, 0.29) is 11.1 Å². The maximum Gasteiger partial charge on any atom is 0.341 e. The van der Waals surface area contributed by atoms with Crippen molar-refractivity contribution in [2.75, 3.05) is 43.9 Å². The number of carbonyl (C=O) groups is 1. The Morgan fingerprint density at radius 3 is 2.78 bits per heavy atom. The Hall–Kier alpha value is -4.95. The quantitative estimate of drug-likeness (QED) is 0.307. The number of carboxylic acid groups (broad SMARTS) is 1. The predicted molar refractivity (Wildman–Crippen MR) is 154 cm³/mol. The average molecular weight is 552 g/mol. The van der Waals surface area contributed by atoms with E-state index >= 15 is 4.39 Å². The lowest BCUT2D eigenvalue weighted by molar-refractivity contribution is 0.0694. The van der Waals surface area contributed by atoms with E-state index in [1.165, 1.54) is 16.5 Å². The second kappa shape index (κ2) is 9.04. The Kier molecular flexibility index (Phi) is 5.52. The summed E-state index contributed by atoms with van der Waals surface area (Å²) in [6, 6.07) is 10.3. The first kappa shape index (κ1) is 25.0. The van der Waals surface area contributed by atoms with Gasteiger partial charge < -0.3 is 25.2 Å². The molecule has 0 bridgehead atoms. The number of pyridine rings is 3. The van der Waals surface area contributed by atoms with E-state index < -0.39 is 17.3 Å². The molecule has 0 aliphatic carbocycles. The number of anilines is 2. The van der Waals surface area contributed by atoms with Gasteiger partial charge in [0, 0.05) is 66.7 Å². The van der Waals surface area contributed by atoms with Crippen molar-refractivity contribution in [3.8, 4) is 17.2 Å². The number of nitrogens with zero attached hydrogens (tertiary/aromatic N) is 5. The summed E-state index contributed by atoms with van der Waals surface area (Å²) in [6.45, 7) is 2.55. The lowest BCUT2D eigenvalue weighted by atomic mass is 9.99. The van der Waals surface area contributed by atoms with Crippen molar-refractivity contribution >= 4 is 44.8 Å². The number of nitriles is 1. The first-order valence-electron chi connectivity index (χ1n) is 13.4. The third kappa shape index (κ3) is 3.61. The molecule has 11 heteroatoms. The number of aromatic amines is 1. The van der Waals surface area contributed by atoms with Crippen LogP contribution in [0.5, 0.6) is 0 Å². The van der Waals surface area contributed by atoms with E-state index in [2.05, 4.69) is 33.2 Å². The number of benzene rings is 1. The van der Waals surface area contributed by atoms with Crippen LogP contribution in [0.25, 0.3) is 38.6 Å². The minimum atomic E-state index is -1.29. The Morgan fingerprint density at radius 1 is 1.24 bits per heavy atom. The molecule has 1 aromatic carbocycles. The van der Waals surface area contributed by atoms with Gasteiger partial charge in [-0.25, -0.2) is 14.2 Å². The lowest BCUT2D eigenvalue weighted by Crippen LogP contribution is -2.32. The van der Waals surface area contributed by atoms with Gasteiger partial charge in [-0.15, -0.1) is 0 Å². The monoisotopic (exact) mass is 551 g/mol. The van der Waals surface area contributed by atoms with Crippen LogP contribution in [0, 0.1) is 23.1 Å². The second-order valence-corrected chi connectivity index (χ2v) is 10.8. The summed E-state index contributed by atoms with van der Waals surface area (Å²) in [6.07, 6.45) is 4.42. The van der Waals surface area contributed by atoms with Crippen LogP contribution < -0.4 is 15.8 Å². The van der Waals surface area contributed by atoms with Crippen LogP contribution in [0.2, 0.25) is 0 Å². The Morgan fingerprint density at radius 2 is 2.05 bits per heavy atom. The van der Waals surface area contributed by atoms with Gasteiger partial charge >= 0.3 is 5.97 Å².